The molecule has 0 spiro atoms. The Morgan fingerprint density at radius 1 is 1.10 bits per heavy atom. The Labute approximate surface area is 128 Å². The second-order valence-corrected chi connectivity index (χ2v) is 6.56. The molecule has 1 N–H and O–H groups in total. The molecule has 1 aromatic carbocycles. The summed E-state index contributed by atoms with van der Waals surface area (Å²) in [7, 11) is 2.20. The quantitative estimate of drug-likeness (QED) is 0.670. The van der Waals surface area contributed by atoms with Crippen LogP contribution in [0, 0.1) is 0 Å². The van der Waals surface area contributed by atoms with Crippen molar-refractivity contribution in [2.24, 2.45) is 0 Å². The maximum absolute atomic E-state index is 5.78. The lowest BCUT2D eigenvalue weighted by Crippen LogP contribution is -2.25. The van der Waals surface area contributed by atoms with E-state index in [0.717, 1.165) is 44.8 Å². The Morgan fingerprint density at radius 2 is 1.81 bits per heavy atom. The first kappa shape index (κ1) is 15.0. The molecule has 2 saturated carbocycles. The minimum atomic E-state index is 0.735. The highest BCUT2D eigenvalue weighted by Crippen LogP contribution is 2.24. The van der Waals surface area contributed by atoms with Crippen LogP contribution in [0.15, 0.2) is 24.3 Å². The van der Waals surface area contributed by atoms with Crippen LogP contribution in [0.1, 0.15) is 36.8 Å². The number of hydrogen-bond acceptors (Lipinski definition) is 3. The molecule has 0 unspecified atom stereocenters. The number of likely N-dealkylation sites (N-methyl/N-ethyl adjacent to an activating group) is 1. The van der Waals surface area contributed by atoms with Crippen LogP contribution in [0.4, 0.5) is 0 Å². The monoisotopic (exact) mass is 288 g/mol. The van der Waals surface area contributed by atoms with Crippen molar-refractivity contribution in [3.05, 3.63) is 35.4 Å². The smallest absolute Gasteiger partial charge is 0.0717 e. The predicted octanol–water partition coefficient (Wildman–Crippen LogP) is 2.59. The van der Waals surface area contributed by atoms with Crippen molar-refractivity contribution in [2.75, 3.05) is 26.7 Å². The molecule has 0 atom stereocenters. The minimum absolute atomic E-state index is 0.735. The number of ether oxygens (including phenoxy) is 1. The van der Waals surface area contributed by atoms with Crippen molar-refractivity contribution in [1.82, 2.24) is 10.2 Å². The van der Waals surface area contributed by atoms with Crippen molar-refractivity contribution < 1.29 is 4.74 Å². The highest BCUT2D eigenvalue weighted by Gasteiger charge is 2.25. The van der Waals surface area contributed by atoms with Gasteiger partial charge in [0.2, 0.25) is 0 Å². The van der Waals surface area contributed by atoms with Crippen LogP contribution in [0.25, 0.3) is 0 Å². The Morgan fingerprint density at radius 3 is 2.48 bits per heavy atom. The Balaban J connectivity index is 1.29. The van der Waals surface area contributed by atoms with Crippen LogP contribution >= 0.6 is 0 Å². The van der Waals surface area contributed by atoms with Crippen molar-refractivity contribution in [1.29, 1.82) is 0 Å². The standard InChI is InChI=1S/C18H28N2O/c1-20(18-8-9-18)12-13-21-14-16-4-2-15(3-5-16)10-11-19-17-6-7-17/h2-5,17-19H,6-14H2,1H3. The van der Waals surface area contributed by atoms with Gasteiger partial charge in [-0.1, -0.05) is 24.3 Å². The van der Waals surface area contributed by atoms with Crippen LogP contribution in [0.5, 0.6) is 0 Å². The number of benzene rings is 1. The molecule has 0 aromatic heterocycles. The lowest BCUT2D eigenvalue weighted by atomic mass is 10.1. The Hall–Kier alpha value is -0.900. The molecule has 0 saturated heterocycles. The van der Waals surface area contributed by atoms with E-state index in [-0.39, 0.29) is 0 Å². The molecule has 3 nitrogen and oxygen atoms in total. The second kappa shape index (κ2) is 7.39. The maximum Gasteiger partial charge on any atom is 0.0717 e. The highest BCUT2D eigenvalue weighted by atomic mass is 16.5. The van der Waals surface area contributed by atoms with E-state index >= 15 is 0 Å². The Bertz CT molecular complexity index is 423. The summed E-state index contributed by atoms with van der Waals surface area (Å²) in [4.78, 5) is 2.41. The van der Waals surface area contributed by atoms with Crippen molar-refractivity contribution in [2.45, 2.75) is 50.8 Å². The van der Waals surface area contributed by atoms with Crippen LogP contribution in [0.2, 0.25) is 0 Å². The van der Waals surface area contributed by atoms with Gasteiger partial charge in [0.1, 0.15) is 0 Å². The van der Waals surface area contributed by atoms with Gasteiger partial charge in [0.15, 0.2) is 0 Å². The summed E-state index contributed by atoms with van der Waals surface area (Å²) in [5, 5.41) is 3.56. The zero-order valence-electron chi connectivity index (χ0n) is 13.2. The van der Waals surface area contributed by atoms with E-state index in [9.17, 15) is 0 Å². The molecule has 1 aromatic rings. The summed E-state index contributed by atoms with van der Waals surface area (Å²) in [6, 6.07) is 10.5. The van der Waals surface area contributed by atoms with E-state index < -0.39 is 0 Å². The number of nitrogens with one attached hydrogen (secondary N) is 1. The molecule has 2 aliphatic carbocycles. The van der Waals surface area contributed by atoms with Gasteiger partial charge in [0.25, 0.3) is 0 Å². The maximum atomic E-state index is 5.78. The zero-order valence-corrected chi connectivity index (χ0v) is 13.2. The first-order valence-electron chi connectivity index (χ1n) is 8.40. The van der Waals surface area contributed by atoms with Gasteiger partial charge in [-0.15, -0.1) is 0 Å². The van der Waals surface area contributed by atoms with Crippen molar-refractivity contribution >= 4 is 0 Å². The summed E-state index contributed by atoms with van der Waals surface area (Å²) in [5.41, 5.74) is 2.70. The van der Waals surface area contributed by atoms with Crippen LogP contribution in [-0.2, 0) is 17.8 Å². The van der Waals surface area contributed by atoms with Crippen LogP contribution in [-0.4, -0.2) is 43.7 Å². The molecule has 116 valence electrons. The lowest BCUT2D eigenvalue weighted by molar-refractivity contribution is 0.0978. The average Bonchev–Trinajstić information content (AvgIpc) is 3.38. The first-order chi connectivity index (χ1) is 10.3. The third kappa shape index (κ3) is 5.42. The summed E-state index contributed by atoms with van der Waals surface area (Å²) < 4.78 is 5.78. The van der Waals surface area contributed by atoms with Gasteiger partial charge in [0, 0.05) is 18.6 Å². The molecule has 3 rings (SSSR count). The van der Waals surface area contributed by atoms with E-state index in [1.54, 1.807) is 0 Å². The summed E-state index contributed by atoms with van der Waals surface area (Å²) in [6.07, 6.45) is 6.60. The molecule has 2 aliphatic rings. The lowest BCUT2D eigenvalue weighted by Gasteiger charge is -2.15. The fourth-order valence-electron chi connectivity index (χ4n) is 2.61. The molecule has 0 heterocycles. The highest BCUT2D eigenvalue weighted by molar-refractivity contribution is 5.22. The molecule has 21 heavy (non-hydrogen) atoms. The van der Waals surface area contributed by atoms with Gasteiger partial charge in [0.05, 0.1) is 13.2 Å². The Kier molecular flexibility index (Phi) is 5.28. The molecule has 2 fully saturated rings. The third-order valence-corrected chi connectivity index (χ3v) is 4.47. The molecule has 0 bridgehead atoms. The third-order valence-electron chi connectivity index (χ3n) is 4.47. The molecular weight excluding hydrogens is 260 g/mol. The van der Waals surface area contributed by atoms with Gasteiger partial charge >= 0.3 is 0 Å². The van der Waals surface area contributed by atoms with Crippen LogP contribution < -0.4 is 5.32 Å². The van der Waals surface area contributed by atoms with E-state index in [0.29, 0.717) is 0 Å². The predicted molar refractivity (Wildman–Crippen MR) is 86.5 cm³/mol. The largest absolute Gasteiger partial charge is 0.375 e. The van der Waals surface area contributed by atoms with E-state index in [4.69, 9.17) is 4.74 Å². The van der Waals surface area contributed by atoms with Crippen molar-refractivity contribution in [3.63, 3.8) is 0 Å². The number of hydrogen-bond donors (Lipinski definition) is 1. The SMILES string of the molecule is CN(CCOCc1ccc(CCNC2CC2)cc1)C1CC1. The van der Waals surface area contributed by atoms with Gasteiger partial charge in [-0.3, -0.25) is 0 Å². The minimum Gasteiger partial charge on any atom is -0.375 e. The van der Waals surface area contributed by atoms with Crippen molar-refractivity contribution in [3.8, 4) is 0 Å². The molecular formula is C18H28N2O. The van der Waals surface area contributed by atoms with Gasteiger partial charge < -0.3 is 15.0 Å². The van der Waals surface area contributed by atoms with Gasteiger partial charge in [-0.2, -0.15) is 0 Å². The fraction of sp³-hybridized carbons (Fsp3) is 0.667. The summed E-state index contributed by atoms with van der Waals surface area (Å²) >= 11 is 0. The topological polar surface area (TPSA) is 24.5 Å². The first-order valence-corrected chi connectivity index (χ1v) is 8.40. The summed E-state index contributed by atoms with van der Waals surface area (Å²) in [5.74, 6) is 0. The molecule has 0 amide bonds. The van der Waals surface area contributed by atoms with E-state index in [1.807, 2.05) is 0 Å². The fourth-order valence-corrected chi connectivity index (χ4v) is 2.61. The van der Waals surface area contributed by atoms with E-state index in [1.165, 1.54) is 36.8 Å². The van der Waals surface area contributed by atoms with E-state index in [2.05, 4.69) is 41.5 Å². The molecule has 0 aliphatic heterocycles. The zero-order chi connectivity index (χ0) is 14.5. The molecule has 0 radical (unpaired) electrons. The number of nitrogens with zero attached hydrogens (tertiary/aromatic N) is 1. The summed E-state index contributed by atoms with van der Waals surface area (Å²) in [6.45, 7) is 3.72. The number of rotatable bonds is 10. The normalized spacial score (nSPS) is 18.4. The van der Waals surface area contributed by atoms with Gasteiger partial charge in [-0.05, 0) is 56.8 Å². The average molecular weight is 288 g/mol. The molecule has 3 heteroatoms. The van der Waals surface area contributed by atoms with Gasteiger partial charge in [-0.25, -0.2) is 0 Å². The van der Waals surface area contributed by atoms with Crippen LogP contribution in [0.3, 0.4) is 0 Å². The second-order valence-electron chi connectivity index (χ2n) is 6.56.